The predicted molar refractivity (Wildman–Crippen MR) is 62.1 cm³/mol. The van der Waals surface area contributed by atoms with Crippen molar-refractivity contribution in [1.29, 1.82) is 0 Å². The molecule has 0 aromatic heterocycles. The van der Waals surface area contributed by atoms with Crippen LogP contribution in [0.2, 0.25) is 0 Å². The fraction of sp³-hybridized carbons (Fsp3) is 1.00. The molecule has 0 aliphatic carbocycles. The normalized spacial score (nSPS) is 37.0. The zero-order chi connectivity index (χ0) is 10.9. The van der Waals surface area contributed by atoms with Crippen LogP contribution in [-0.2, 0) is 4.74 Å². The summed E-state index contributed by atoms with van der Waals surface area (Å²) < 4.78 is 5.90. The van der Waals surface area contributed by atoms with Crippen molar-refractivity contribution in [2.45, 2.75) is 51.4 Å². The van der Waals surface area contributed by atoms with E-state index in [4.69, 9.17) is 4.74 Å². The van der Waals surface area contributed by atoms with E-state index in [1.165, 1.54) is 12.8 Å². The number of rotatable bonds is 2. The zero-order valence-electron chi connectivity index (χ0n) is 10.3. The molecule has 0 bridgehead atoms. The highest BCUT2D eigenvalue weighted by atomic mass is 16.5. The summed E-state index contributed by atoms with van der Waals surface area (Å²) in [6.07, 6.45) is 3.41. The third kappa shape index (κ3) is 2.71. The van der Waals surface area contributed by atoms with Crippen LogP contribution in [0.15, 0.2) is 0 Å². The first-order valence-corrected chi connectivity index (χ1v) is 6.19. The first-order chi connectivity index (χ1) is 7.08. The summed E-state index contributed by atoms with van der Waals surface area (Å²) in [5.74, 6) is 0. The van der Waals surface area contributed by atoms with E-state index in [9.17, 15) is 0 Å². The molecule has 2 aliphatic rings. The highest BCUT2D eigenvalue weighted by Crippen LogP contribution is 2.23. The molecule has 0 spiro atoms. The molecule has 88 valence electrons. The predicted octanol–water partition coefficient (Wildman–Crippen LogP) is 1.24. The Morgan fingerprint density at radius 3 is 2.80 bits per heavy atom. The molecule has 15 heavy (non-hydrogen) atoms. The van der Waals surface area contributed by atoms with Crippen LogP contribution >= 0.6 is 0 Å². The Labute approximate surface area is 93.2 Å². The van der Waals surface area contributed by atoms with Crippen LogP contribution in [0.3, 0.4) is 0 Å². The van der Waals surface area contributed by atoms with Gasteiger partial charge in [-0.1, -0.05) is 0 Å². The Hall–Kier alpha value is -0.120. The highest BCUT2D eigenvalue weighted by molar-refractivity contribution is 4.90. The van der Waals surface area contributed by atoms with Crippen LogP contribution in [-0.4, -0.2) is 48.8 Å². The van der Waals surface area contributed by atoms with Crippen LogP contribution in [0, 0.1) is 0 Å². The van der Waals surface area contributed by atoms with E-state index in [-0.39, 0.29) is 5.54 Å². The van der Waals surface area contributed by atoms with Gasteiger partial charge in [-0.05, 0) is 33.6 Å². The molecule has 0 radical (unpaired) electrons. The van der Waals surface area contributed by atoms with Crippen LogP contribution in [0.5, 0.6) is 0 Å². The van der Waals surface area contributed by atoms with Crippen molar-refractivity contribution < 1.29 is 4.74 Å². The molecular formula is C12H24N2O. The summed E-state index contributed by atoms with van der Waals surface area (Å²) in [4.78, 5) is 2.58. The lowest BCUT2D eigenvalue weighted by Crippen LogP contribution is -2.59. The molecule has 0 aromatic rings. The van der Waals surface area contributed by atoms with E-state index in [1.54, 1.807) is 0 Å². The van der Waals surface area contributed by atoms with Gasteiger partial charge in [0, 0.05) is 31.7 Å². The Balaban J connectivity index is 1.87. The lowest BCUT2D eigenvalue weighted by molar-refractivity contribution is -0.00286. The van der Waals surface area contributed by atoms with Gasteiger partial charge in [-0.2, -0.15) is 0 Å². The van der Waals surface area contributed by atoms with Gasteiger partial charge in [0.25, 0.3) is 0 Å². The SMILES string of the molecule is CC1CCC(CN2CCNCC2(C)C)O1. The molecule has 2 saturated heterocycles. The summed E-state index contributed by atoms with van der Waals surface area (Å²) in [6, 6.07) is 0. The van der Waals surface area contributed by atoms with Crippen molar-refractivity contribution in [3.63, 3.8) is 0 Å². The van der Waals surface area contributed by atoms with E-state index in [0.29, 0.717) is 12.2 Å². The molecule has 2 rings (SSSR count). The lowest BCUT2D eigenvalue weighted by Gasteiger charge is -2.43. The zero-order valence-corrected chi connectivity index (χ0v) is 10.3. The molecule has 0 saturated carbocycles. The average Bonchev–Trinajstić information content (AvgIpc) is 2.55. The smallest absolute Gasteiger partial charge is 0.0706 e. The van der Waals surface area contributed by atoms with Crippen molar-refractivity contribution in [2.75, 3.05) is 26.2 Å². The molecule has 2 unspecified atom stereocenters. The molecule has 0 aromatic carbocycles. The molecule has 2 atom stereocenters. The average molecular weight is 212 g/mol. The molecular weight excluding hydrogens is 188 g/mol. The Kier molecular flexibility index (Phi) is 3.33. The third-order valence-corrected chi connectivity index (χ3v) is 3.72. The molecule has 1 N–H and O–H groups in total. The van der Waals surface area contributed by atoms with Crippen LogP contribution in [0.1, 0.15) is 33.6 Å². The van der Waals surface area contributed by atoms with Gasteiger partial charge in [0.2, 0.25) is 0 Å². The number of hydrogen-bond donors (Lipinski definition) is 1. The second kappa shape index (κ2) is 4.40. The number of hydrogen-bond acceptors (Lipinski definition) is 3. The molecule has 0 amide bonds. The fourth-order valence-corrected chi connectivity index (χ4v) is 2.63. The maximum Gasteiger partial charge on any atom is 0.0706 e. The molecule has 2 aliphatic heterocycles. The summed E-state index contributed by atoms with van der Waals surface area (Å²) in [5, 5.41) is 3.46. The van der Waals surface area contributed by atoms with E-state index in [1.807, 2.05) is 0 Å². The number of piperazine rings is 1. The number of nitrogens with one attached hydrogen (secondary N) is 1. The minimum absolute atomic E-state index is 0.285. The van der Waals surface area contributed by atoms with Crippen molar-refractivity contribution in [3.8, 4) is 0 Å². The van der Waals surface area contributed by atoms with Gasteiger partial charge in [0.15, 0.2) is 0 Å². The maximum absolute atomic E-state index is 5.90. The fourth-order valence-electron chi connectivity index (χ4n) is 2.63. The van der Waals surface area contributed by atoms with Crippen molar-refractivity contribution in [1.82, 2.24) is 10.2 Å². The maximum atomic E-state index is 5.90. The minimum Gasteiger partial charge on any atom is -0.374 e. The monoisotopic (exact) mass is 212 g/mol. The van der Waals surface area contributed by atoms with Gasteiger partial charge in [-0.15, -0.1) is 0 Å². The van der Waals surface area contributed by atoms with E-state index < -0.39 is 0 Å². The highest BCUT2D eigenvalue weighted by Gasteiger charge is 2.33. The van der Waals surface area contributed by atoms with Gasteiger partial charge in [-0.3, -0.25) is 4.90 Å². The summed E-state index contributed by atoms with van der Waals surface area (Å²) in [7, 11) is 0. The van der Waals surface area contributed by atoms with Gasteiger partial charge >= 0.3 is 0 Å². The third-order valence-electron chi connectivity index (χ3n) is 3.72. The lowest BCUT2D eigenvalue weighted by atomic mass is 9.99. The Bertz CT molecular complexity index is 218. The molecule has 3 nitrogen and oxygen atoms in total. The van der Waals surface area contributed by atoms with Crippen molar-refractivity contribution in [3.05, 3.63) is 0 Å². The second-order valence-corrected chi connectivity index (χ2v) is 5.58. The van der Waals surface area contributed by atoms with Gasteiger partial charge in [-0.25, -0.2) is 0 Å². The molecule has 2 heterocycles. The van der Waals surface area contributed by atoms with Crippen LogP contribution < -0.4 is 5.32 Å². The van der Waals surface area contributed by atoms with Gasteiger partial charge < -0.3 is 10.1 Å². The quantitative estimate of drug-likeness (QED) is 0.745. The summed E-state index contributed by atoms with van der Waals surface area (Å²) in [6.45, 7) is 11.3. The van der Waals surface area contributed by atoms with E-state index in [2.05, 4.69) is 31.0 Å². The molecule has 2 fully saturated rings. The van der Waals surface area contributed by atoms with Gasteiger partial charge in [0.05, 0.1) is 12.2 Å². The first-order valence-electron chi connectivity index (χ1n) is 6.19. The van der Waals surface area contributed by atoms with E-state index in [0.717, 1.165) is 26.2 Å². The number of nitrogens with zero attached hydrogens (tertiary/aromatic N) is 1. The first kappa shape index (κ1) is 11.4. The number of ether oxygens (including phenoxy) is 1. The van der Waals surface area contributed by atoms with Gasteiger partial charge in [0.1, 0.15) is 0 Å². The van der Waals surface area contributed by atoms with Crippen molar-refractivity contribution >= 4 is 0 Å². The second-order valence-electron chi connectivity index (χ2n) is 5.58. The van der Waals surface area contributed by atoms with Crippen LogP contribution in [0.4, 0.5) is 0 Å². The summed E-state index contributed by atoms with van der Waals surface area (Å²) >= 11 is 0. The van der Waals surface area contributed by atoms with Crippen LogP contribution in [0.25, 0.3) is 0 Å². The minimum atomic E-state index is 0.285. The Morgan fingerprint density at radius 1 is 1.40 bits per heavy atom. The topological polar surface area (TPSA) is 24.5 Å². The largest absolute Gasteiger partial charge is 0.374 e. The summed E-state index contributed by atoms with van der Waals surface area (Å²) in [5.41, 5.74) is 0.285. The standard InChI is InChI=1S/C12H24N2O/c1-10-4-5-11(15-10)8-14-7-6-13-9-12(14,2)3/h10-11,13H,4-9H2,1-3H3. The Morgan fingerprint density at radius 2 is 2.20 bits per heavy atom. The van der Waals surface area contributed by atoms with E-state index >= 15 is 0 Å². The molecule has 3 heteroatoms. The van der Waals surface area contributed by atoms with Crippen molar-refractivity contribution in [2.24, 2.45) is 0 Å².